The van der Waals surface area contributed by atoms with E-state index in [4.69, 9.17) is 5.84 Å². The summed E-state index contributed by atoms with van der Waals surface area (Å²) >= 11 is 5.98. The highest BCUT2D eigenvalue weighted by atomic mass is 127. The summed E-state index contributed by atoms with van der Waals surface area (Å²) < 4.78 is 4.31. The minimum absolute atomic E-state index is 0.0702. The Hall–Kier alpha value is -0.440. The molecule has 1 aromatic carbocycles. The molecule has 0 spiro atoms. The summed E-state index contributed by atoms with van der Waals surface area (Å²) in [6.45, 7) is 4.96. The van der Waals surface area contributed by atoms with Gasteiger partial charge in [0.2, 0.25) is 0 Å². The van der Waals surface area contributed by atoms with Crippen LogP contribution < -0.4 is 11.3 Å². The number of hydrogen-bond donors (Lipinski definition) is 2. The summed E-state index contributed by atoms with van der Waals surface area (Å²) in [5.74, 6) is 5.77. The largest absolute Gasteiger partial charge is 0.271 e. The lowest BCUT2D eigenvalue weighted by molar-refractivity contribution is 0.514. The van der Waals surface area contributed by atoms with Crippen molar-refractivity contribution in [3.05, 3.63) is 49.3 Å². The Morgan fingerprint density at radius 3 is 2.75 bits per heavy atom. The Morgan fingerprint density at radius 2 is 2.15 bits per heavy atom. The molecule has 4 nitrogen and oxygen atoms in total. The zero-order valence-corrected chi connectivity index (χ0v) is 15.3. The SMILES string of the molecule is CCn1nc(C)c(Br)c1CC(NN)c1ccccc1I. The molecule has 0 radical (unpaired) electrons. The van der Waals surface area contributed by atoms with E-state index >= 15 is 0 Å². The van der Waals surface area contributed by atoms with Gasteiger partial charge in [-0.2, -0.15) is 5.10 Å². The molecule has 1 aromatic heterocycles. The second kappa shape index (κ2) is 7.02. The molecule has 3 N–H and O–H groups in total. The molecule has 0 saturated carbocycles. The number of benzene rings is 1. The number of halogens is 2. The number of hydrazine groups is 1. The zero-order valence-electron chi connectivity index (χ0n) is 11.5. The Bertz CT molecular complexity index is 597. The number of nitrogens with two attached hydrogens (primary N) is 1. The van der Waals surface area contributed by atoms with Crippen LogP contribution in [0.25, 0.3) is 0 Å². The number of aromatic nitrogens is 2. The van der Waals surface area contributed by atoms with Crippen LogP contribution in [0.3, 0.4) is 0 Å². The van der Waals surface area contributed by atoms with Crippen molar-refractivity contribution < 1.29 is 0 Å². The van der Waals surface area contributed by atoms with E-state index in [0.29, 0.717) is 0 Å². The lowest BCUT2D eigenvalue weighted by Gasteiger charge is -2.18. The first kappa shape index (κ1) is 15.9. The van der Waals surface area contributed by atoms with E-state index in [2.05, 4.69) is 68.1 Å². The molecule has 0 saturated heterocycles. The highest BCUT2D eigenvalue weighted by Crippen LogP contribution is 2.28. The summed E-state index contributed by atoms with van der Waals surface area (Å²) in [6, 6.07) is 8.35. The molecule has 1 unspecified atom stereocenters. The molecule has 0 aliphatic carbocycles. The van der Waals surface area contributed by atoms with Gasteiger partial charge in [0, 0.05) is 16.5 Å². The smallest absolute Gasteiger partial charge is 0.0738 e. The van der Waals surface area contributed by atoms with Gasteiger partial charge in [0.05, 0.1) is 21.9 Å². The first-order valence-electron chi connectivity index (χ1n) is 6.50. The molecule has 2 aromatic rings. The normalized spacial score (nSPS) is 12.7. The van der Waals surface area contributed by atoms with Gasteiger partial charge in [0.1, 0.15) is 0 Å². The minimum atomic E-state index is 0.0702. The van der Waals surface area contributed by atoms with E-state index < -0.39 is 0 Å². The third-order valence-electron chi connectivity index (χ3n) is 3.33. The van der Waals surface area contributed by atoms with Gasteiger partial charge in [-0.1, -0.05) is 18.2 Å². The van der Waals surface area contributed by atoms with Crippen molar-refractivity contribution in [2.45, 2.75) is 32.9 Å². The maximum Gasteiger partial charge on any atom is 0.0738 e. The first-order valence-corrected chi connectivity index (χ1v) is 8.38. The van der Waals surface area contributed by atoms with Crippen molar-refractivity contribution in [3.63, 3.8) is 0 Å². The fourth-order valence-electron chi connectivity index (χ4n) is 2.27. The van der Waals surface area contributed by atoms with Crippen molar-refractivity contribution in [1.29, 1.82) is 0 Å². The van der Waals surface area contributed by atoms with Gasteiger partial charge in [-0.3, -0.25) is 16.0 Å². The van der Waals surface area contributed by atoms with E-state index in [1.807, 2.05) is 23.7 Å². The van der Waals surface area contributed by atoms with Gasteiger partial charge in [-0.15, -0.1) is 0 Å². The van der Waals surface area contributed by atoms with Gasteiger partial charge in [0.15, 0.2) is 0 Å². The number of nitrogens with one attached hydrogen (secondary N) is 1. The molecule has 0 amide bonds. The zero-order chi connectivity index (χ0) is 14.7. The van der Waals surface area contributed by atoms with Crippen molar-refractivity contribution in [2.24, 2.45) is 5.84 Å². The lowest BCUT2D eigenvalue weighted by atomic mass is 10.0. The molecule has 1 heterocycles. The van der Waals surface area contributed by atoms with Crippen LogP contribution in [0.4, 0.5) is 0 Å². The minimum Gasteiger partial charge on any atom is -0.271 e. The number of aryl methyl sites for hydroxylation is 2. The molecule has 2 rings (SSSR count). The van der Waals surface area contributed by atoms with E-state index in [9.17, 15) is 0 Å². The van der Waals surface area contributed by atoms with Crippen LogP contribution in [-0.2, 0) is 13.0 Å². The van der Waals surface area contributed by atoms with Crippen LogP contribution in [-0.4, -0.2) is 9.78 Å². The van der Waals surface area contributed by atoms with Crippen molar-refractivity contribution in [2.75, 3.05) is 0 Å². The van der Waals surface area contributed by atoms with Gasteiger partial charge < -0.3 is 0 Å². The molecule has 0 aliphatic rings. The highest BCUT2D eigenvalue weighted by Gasteiger charge is 2.19. The lowest BCUT2D eigenvalue weighted by Crippen LogP contribution is -2.31. The van der Waals surface area contributed by atoms with Gasteiger partial charge in [-0.25, -0.2) is 0 Å². The predicted molar refractivity (Wildman–Crippen MR) is 93.3 cm³/mol. The number of rotatable bonds is 5. The van der Waals surface area contributed by atoms with Gasteiger partial charge in [0.25, 0.3) is 0 Å². The van der Waals surface area contributed by atoms with Crippen LogP contribution >= 0.6 is 38.5 Å². The van der Waals surface area contributed by atoms with Gasteiger partial charge in [-0.05, 0) is 64.0 Å². The molecule has 0 bridgehead atoms. The standard InChI is InChI=1S/C14H18BrIN4/c1-3-20-13(14(15)9(2)19-20)8-12(18-17)10-6-4-5-7-11(10)16/h4-7,12,18H,3,8,17H2,1-2H3. The maximum atomic E-state index is 5.77. The summed E-state index contributed by atoms with van der Waals surface area (Å²) in [4.78, 5) is 0. The fourth-order valence-corrected chi connectivity index (χ4v) is 3.48. The second-order valence-electron chi connectivity index (χ2n) is 4.61. The Balaban J connectivity index is 2.34. The van der Waals surface area contributed by atoms with Crippen LogP contribution in [0.15, 0.2) is 28.7 Å². The molecule has 108 valence electrons. The highest BCUT2D eigenvalue weighted by molar-refractivity contribution is 14.1. The fraction of sp³-hybridized carbons (Fsp3) is 0.357. The summed E-state index contributed by atoms with van der Waals surface area (Å²) in [5.41, 5.74) is 6.33. The van der Waals surface area contributed by atoms with Crippen molar-refractivity contribution in [1.82, 2.24) is 15.2 Å². The average molecular weight is 449 g/mol. The monoisotopic (exact) mass is 448 g/mol. The topological polar surface area (TPSA) is 55.9 Å². The number of hydrogen-bond acceptors (Lipinski definition) is 3. The van der Waals surface area contributed by atoms with E-state index in [-0.39, 0.29) is 6.04 Å². The van der Waals surface area contributed by atoms with Crippen LogP contribution in [0.5, 0.6) is 0 Å². The Labute approximate surface area is 141 Å². The molecular formula is C14H18BrIN4. The average Bonchev–Trinajstić information content (AvgIpc) is 2.73. The first-order chi connectivity index (χ1) is 9.58. The Kier molecular flexibility index (Phi) is 5.59. The maximum absolute atomic E-state index is 5.77. The van der Waals surface area contributed by atoms with Crippen LogP contribution in [0.1, 0.15) is 29.9 Å². The summed E-state index contributed by atoms with van der Waals surface area (Å²) in [6.07, 6.45) is 0.797. The summed E-state index contributed by atoms with van der Waals surface area (Å²) in [7, 11) is 0. The predicted octanol–water partition coefficient (Wildman–Crippen LogP) is 3.33. The molecular weight excluding hydrogens is 431 g/mol. The van der Waals surface area contributed by atoms with E-state index in [0.717, 1.165) is 23.1 Å². The van der Waals surface area contributed by atoms with E-state index in [1.54, 1.807) is 0 Å². The van der Waals surface area contributed by atoms with E-state index in [1.165, 1.54) is 14.8 Å². The summed E-state index contributed by atoms with van der Waals surface area (Å²) in [5, 5.41) is 4.53. The van der Waals surface area contributed by atoms with Crippen LogP contribution in [0, 0.1) is 10.5 Å². The van der Waals surface area contributed by atoms with Crippen LogP contribution in [0.2, 0.25) is 0 Å². The number of nitrogens with zero attached hydrogens (tertiary/aromatic N) is 2. The second-order valence-corrected chi connectivity index (χ2v) is 6.56. The van der Waals surface area contributed by atoms with Crippen molar-refractivity contribution >= 4 is 38.5 Å². The molecule has 0 aliphatic heterocycles. The molecule has 6 heteroatoms. The third kappa shape index (κ3) is 3.24. The third-order valence-corrected chi connectivity index (χ3v) is 5.35. The molecule has 1 atom stereocenters. The quantitative estimate of drug-likeness (QED) is 0.419. The molecule has 0 fully saturated rings. The Morgan fingerprint density at radius 1 is 1.45 bits per heavy atom. The van der Waals surface area contributed by atoms with Gasteiger partial charge >= 0.3 is 0 Å². The van der Waals surface area contributed by atoms with Crippen molar-refractivity contribution in [3.8, 4) is 0 Å². The molecule has 20 heavy (non-hydrogen) atoms.